The van der Waals surface area contributed by atoms with Gasteiger partial charge in [-0.1, -0.05) is 48.0 Å². The van der Waals surface area contributed by atoms with Crippen LogP contribution in [-0.2, 0) is 24.2 Å². The van der Waals surface area contributed by atoms with Crippen molar-refractivity contribution in [3.63, 3.8) is 0 Å². The molecular formula is C24H25N3O2. The van der Waals surface area contributed by atoms with Gasteiger partial charge in [-0.3, -0.25) is 9.59 Å². The van der Waals surface area contributed by atoms with E-state index in [0.717, 1.165) is 36.2 Å². The number of aromatic nitrogens is 2. The summed E-state index contributed by atoms with van der Waals surface area (Å²) in [7, 11) is 0. The van der Waals surface area contributed by atoms with Crippen LogP contribution in [0.5, 0.6) is 0 Å². The summed E-state index contributed by atoms with van der Waals surface area (Å²) in [4.78, 5) is 24.5. The number of para-hydroxylation sites is 1. The Kier molecular flexibility index (Phi) is 5.56. The number of fused-ring (bicyclic) bond motifs is 1. The number of Topliss-reactive ketones (excluding diaryl/α,β-unsaturated/α-hetero) is 1. The summed E-state index contributed by atoms with van der Waals surface area (Å²) in [6.45, 7) is 2.39. The summed E-state index contributed by atoms with van der Waals surface area (Å²) in [5.74, 6) is -0.124. The molecule has 0 atom stereocenters. The van der Waals surface area contributed by atoms with E-state index in [-0.39, 0.29) is 24.5 Å². The van der Waals surface area contributed by atoms with Crippen molar-refractivity contribution in [3.05, 3.63) is 82.7 Å². The molecule has 148 valence electrons. The zero-order valence-electron chi connectivity index (χ0n) is 16.6. The SMILES string of the molecule is Cc1ccc(C(=O)CCC(=O)NCc2nn(-c3ccccc3)c3c2CCC3)cc1. The molecule has 29 heavy (non-hydrogen) atoms. The normalized spacial score (nSPS) is 12.6. The van der Waals surface area contributed by atoms with Crippen LogP contribution in [0.3, 0.4) is 0 Å². The number of rotatable bonds is 7. The highest BCUT2D eigenvalue weighted by Crippen LogP contribution is 2.27. The molecule has 0 radical (unpaired) electrons. The second-order valence-corrected chi connectivity index (χ2v) is 7.54. The van der Waals surface area contributed by atoms with Crippen LogP contribution in [0.15, 0.2) is 54.6 Å². The molecule has 1 N–H and O–H groups in total. The monoisotopic (exact) mass is 387 g/mol. The number of nitrogens with zero attached hydrogens (tertiary/aromatic N) is 2. The van der Waals surface area contributed by atoms with Gasteiger partial charge in [-0.25, -0.2) is 4.68 Å². The topological polar surface area (TPSA) is 64.0 Å². The van der Waals surface area contributed by atoms with E-state index in [9.17, 15) is 9.59 Å². The maximum Gasteiger partial charge on any atom is 0.220 e. The highest BCUT2D eigenvalue weighted by Gasteiger charge is 2.23. The Balaban J connectivity index is 1.36. The summed E-state index contributed by atoms with van der Waals surface area (Å²) in [6.07, 6.45) is 3.53. The Morgan fingerprint density at radius 3 is 2.52 bits per heavy atom. The lowest BCUT2D eigenvalue weighted by molar-refractivity contribution is -0.121. The van der Waals surface area contributed by atoms with Gasteiger partial charge in [0.2, 0.25) is 5.91 Å². The zero-order valence-corrected chi connectivity index (χ0v) is 16.6. The van der Waals surface area contributed by atoms with Crippen LogP contribution in [-0.4, -0.2) is 21.5 Å². The largest absolute Gasteiger partial charge is 0.350 e. The fourth-order valence-corrected chi connectivity index (χ4v) is 3.82. The van der Waals surface area contributed by atoms with Gasteiger partial charge < -0.3 is 5.32 Å². The quantitative estimate of drug-likeness (QED) is 0.625. The maximum atomic E-state index is 12.3. The van der Waals surface area contributed by atoms with E-state index in [1.807, 2.05) is 66.2 Å². The van der Waals surface area contributed by atoms with Crippen molar-refractivity contribution in [3.8, 4) is 5.69 Å². The molecule has 3 aromatic rings. The van der Waals surface area contributed by atoms with Gasteiger partial charge in [-0.05, 0) is 43.9 Å². The first-order valence-electron chi connectivity index (χ1n) is 10.1. The lowest BCUT2D eigenvalue weighted by atomic mass is 10.0. The second-order valence-electron chi connectivity index (χ2n) is 7.54. The maximum absolute atomic E-state index is 12.3. The van der Waals surface area contributed by atoms with Crippen LogP contribution < -0.4 is 5.32 Å². The van der Waals surface area contributed by atoms with Gasteiger partial charge in [0.15, 0.2) is 5.78 Å². The van der Waals surface area contributed by atoms with E-state index in [4.69, 9.17) is 5.10 Å². The predicted molar refractivity (Wildman–Crippen MR) is 112 cm³/mol. The summed E-state index contributed by atoms with van der Waals surface area (Å²) in [5, 5.41) is 7.70. The fourth-order valence-electron chi connectivity index (χ4n) is 3.82. The average molecular weight is 387 g/mol. The van der Waals surface area contributed by atoms with Crippen LogP contribution in [0, 0.1) is 6.92 Å². The minimum atomic E-state index is -0.119. The van der Waals surface area contributed by atoms with E-state index in [0.29, 0.717) is 12.1 Å². The van der Waals surface area contributed by atoms with Crippen molar-refractivity contribution in [2.45, 2.75) is 45.6 Å². The number of amides is 1. The molecule has 0 saturated carbocycles. The lowest BCUT2D eigenvalue weighted by Crippen LogP contribution is -2.24. The molecule has 2 aromatic carbocycles. The van der Waals surface area contributed by atoms with Crippen molar-refractivity contribution >= 4 is 11.7 Å². The van der Waals surface area contributed by atoms with E-state index in [1.165, 1.54) is 11.3 Å². The molecule has 1 aliphatic carbocycles. The first-order valence-corrected chi connectivity index (χ1v) is 10.1. The first-order chi connectivity index (χ1) is 14.1. The van der Waals surface area contributed by atoms with Gasteiger partial charge in [0, 0.05) is 24.1 Å². The second kappa shape index (κ2) is 8.43. The number of carbonyl (C=O) groups excluding carboxylic acids is 2. The van der Waals surface area contributed by atoms with E-state index in [1.54, 1.807) is 0 Å². The van der Waals surface area contributed by atoms with Crippen molar-refractivity contribution in [1.82, 2.24) is 15.1 Å². The third kappa shape index (κ3) is 4.29. The van der Waals surface area contributed by atoms with Crippen molar-refractivity contribution in [1.29, 1.82) is 0 Å². The predicted octanol–water partition coefficient (Wildman–Crippen LogP) is 3.95. The number of nitrogens with one attached hydrogen (secondary N) is 1. The average Bonchev–Trinajstić information content (AvgIpc) is 3.35. The smallest absolute Gasteiger partial charge is 0.220 e. The minimum absolute atomic E-state index is 0.00519. The molecule has 1 aromatic heterocycles. The third-order valence-corrected chi connectivity index (χ3v) is 5.42. The lowest BCUT2D eigenvalue weighted by Gasteiger charge is -2.06. The number of carbonyl (C=O) groups is 2. The highest BCUT2D eigenvalue weighted by molar-refractivity contribution is 5.97. The van der Waals surface area contributed by atoms with Crippen molar-refractivity contribution in [2.24, 2.45) is 0 Å². The summed E-state index contributed by atoms with van der Waals surface area (Å²) < 4.78 is 2.00. The van der Waals surface area contributed by atoms with Gasteiger partial charge in [-0.15, -0.1) is 0 Å². The molecule has 0 spiro atoms. The molecule has 1 heterocycles. The molecule has 0 saturated heterocycles. The third-order valence-electron chi connectivity index (χ3n) is 5.42. The van der Waals surface area contributed by atoms with Crippen LogP contribution >= 0.6 is 0 Å². The van der Waals surface area contributed by atoms with Gasteiger partial charge in [-0.2, -0.15) is 5.10 Å². The van der Waals surface area contributed by atoms with Gasteiger partial charge >= 0.3 is 0 Å². The van der Waals surface area contributed by atoms with Crippen LogP contribution in [0.4, 0.5) is 0 Å². The van der Waals surface area contributed by atoms with E-state index in [2.05, 4.69) is 5.32 Å². The van der Waals surface area contributed by atoms with Crippen molar-refractivity contribution in [2.75, 3.05) is 0 Å². The number of ketones is 1. The number of benzene rings is 2. The Hall–Kier alpha value is -3.21. The van der Waals surface area contributed by atoms with Gasteiger partial charge in [0.1, 0.15) is 0 Å². The zero-order chi connectivity index (χ0) is 20.2. The Morgan fingerprint density at radius 2 is 1.76 bits per heavy atom. The van der Waals surface area contributed by atoms with Crippen LogP contribution in [0.2, 0.25) is 0 Å². The fraction of sp³-hybridized carbons (Fsp3) is 0.292. The number of hydrogen-bond donors (Lipinski definition) is 1. The number of hydrogen-bond acceptors (Lipinski definition) is 3. The number of aryl methyl sites for hydroxylation is 1. The molecule has 0 fully saturated rings. The molecule has 1 aliphatic rings. The Bertz CT molecular complexity index is 1020. The highest BCUT2D eigenvalue weighted by atomic mass is 16.2. The first kappa shape index (κ1) is 19.1. The molecule has 1 amide bonds. The molecule has 4 rings (SSSR count). The Labute approximate surface area is 170 Å². The van der Waals surface area contributed by atoms with Crippen LogP contribution in [0.25, 0.3) is 5.69 Å². The van der Waals surface area contributed by atoms with E-state index >= 15 is 0 Å². The minimum Gasteiger partial charge on any atom is -0.350 e. The molecule has 0 bridgehead atoms. The molecular weight excluding hydrogens is 362 g/mol. The van der Waals surface area contributed by atoms with E-state index < -0.39 is 0 Å². The van der Waals surface area contributed by atoms with Gasteiger partial charge in [0.05, 0.1) is 17.9 Å². The summed E-state index contributed by atoms with van der Waals surface area (Å²) >= 11 is 0. The van der Waals surface area contributed by atoms with Crippen molar-refractivity contribution < 1.29 is 9.59 Å². The van der Waals surface area contributed by atoms with Crippen LogP contribution in [0.1, 0.15) is 52.1 Å². The molecule has 0 aliphatic heterocycles. The molecule has 5 nitrogen and oxygen atoms in total. The summed E-state index contributed by atoms with van der Waals surface area (Å²) in [6, 6.07) is 17.6. The van der Waals surface area contributed by atoms with Gasteiger partial charge in [0.25, 0.3) is 0 Å². The molecule has 5 heteroatoms. The standard InChI is InChI=1S/C24H25N3O2/c1-17-10-12-18(13-11-17)23(28)14-15-24(29)25-16-21-20-8-5-9-22(20)27(26-21)19-6-3-2-4-7-19/h2-4,6-7,10-13H,5,8-9,14-16H2,1H3,(H,25,29). The summed E-state index contributed by atoms with van der Waals surface area (Å²) in [5.41, 5.74) is 6.25. The molecule has 0 unspecified atom stereocenters. The Morgan fingerprint density at radius 1 is 1.00 bits per heavy atom.